The van der Waals surface area contributed by atoms with Crippen molar-refractivity contribution in [1.82, 2.24) is 10.2 Å². The highest BCUT2D eigenvalue weighted by Crippen LogP contribution is 2.36. The smallest absolute Gasteiger partial charge is 0.410 e. The van der Waals surface area contributed by atoms with E-state index >= 15 is 4.39 Å². The molecule has 198 valence electrons. The van der Waals surface area contributed by atoms with Crippen molar-refractivity contribution in [1.29, 1.82) is 0 Å². The van der Waals surface area contributed by atoms with Crippen LogP contribution in [0.2, 0.25) is 0 Å². The number of ether oxygens (including phenoxy) is 2. The van der Waals surface area contributed by atoms with E-state index < -0.39 is 47.4 Å². The minimum absolute atomic E-state index is 0.000286. The quantitative estimate of drug-likeness (QED) is 0.479. The number of benzene rings is 3. The standard InChI is InChI=1S/C28H24F4N2O4/c29-20-11-19(12-21(30)14-20)22-8-4-7-18(24(22)31)13-23-28(16-38-25(32)26(35)33-28)9-10-34(23)27(36)37-15-17-5-2-1-3-6-17/h1-8,11-12,14,23,25H,9-10,13,15-16H2,(H,33,35)/t23-,25?,28+/m0/s1. The normalized spacial score (nSPS) is 22.9. The molecule has 1 N–H and O–H groups in total. The van der Waals surface area contributed by atoms with Gasteiger partial charge in [0.15, 0.2) is 0 Å². The van der Waals surface area contributed by atoms with Gasteiger partial charge < -0.3 is 19.7 Å². The maximum absolute atomic E-state index is 15.7. The Bertz CT molecular complexity index is 1340. The largest absolute Gasteiger partial charge is 0.445 e. The third kappa shape index (κ3) is 5.08. The fourth-order valence-electron chi connectivity index (χ4n) is 5.09. The molecule has 3 aromatic carbocycles. The third-order valence-corrected chi connectivity index (χ3v) is 6.98. The van der Waals surface area contributed by atoms with Crippen LogP contribution in [0.1, 0.15) is 17.5 Å². The first-order chi connectivity index (χ1) is 18.3. The summed E-state index contributed by atoms with van der Waals surface area (Å²) in [4.78, 5) is 26.7. The van der Waals surface area contributed by atoms with Crippen LogP contribution in [-0.2, 0) is 27.3 Å². The summed E-state index contributed by atoms with van der Waals surface area (Å²) >= 11 is 0. The molecule has 2 aliphatic rings. The van der Waals surface area contributed by atoms with Crippen molar-refractivity contribution >= 4 is 12.0 Å². The number of hydrogen-bond donors (Lipinski definition) is 1. The second kappa shape index (κ2) is 10.4. The number of rotatable bonds is 5. The fourth-order valence-corrected chi connectivity index (χ4v) is 5.09. The van der Waals surface area contributed by atoms with Crippen LogP contribution in [0.15, 0.2) is 66.7 Å². The molecule has 2 heterocycles. The zero-order valence-electron chi connectivity index (χ0n) is 20.1. The number of likely N-dealkylation sites (tertiary alicyclic amines) is 1. The monoisotopic (exact) mass is 528 g/mol. The molecular formula is C28H24F4N2O4. The van der Waals surface area contributed by atoms with Gasteiger partial charge in [0.2, 0.25) is 0 Å². The molecule has 3 atom stereocenters. The van der Waals surface area contributed by atoms with Gasteiger partial charge in [-0.05, 0) is 41.7 Å². The zero-order chi connectivity index (χ0) is 26.9. The van der Waals surface area contributed by atoms with Gasteiger partial charge in [-0.3, -0.25) is 4.79 Å². The van der Waals surface area contributed by atoms with Crippen LogP contribution in [0.3, 0.4) is 0 Å². The first-order valence-electron chi connectivity index (χ1n) is 12.0. The van der Waals surface area contributed by atoms with Crippen LogP contribution in [0, 0.1) is 17.5 Å². The van der Waals surface area contributed by atoms with Crippen LogP contribution in [0.4, 0.5) is 22.4 Å². The highest BCUT2D eigenvalue weighted by Gasteiger charge is 2.54. The Morgan fingerprint density at radius 3 is 2.50 bits per heavy atom. The maximum Gasteiger partial charge on any atom is 0.410 e. The Morgan fingerprint density at radius 2 is 1.79 bits per heavy atom. The maximum atomic E-state index is 15.7. The molecule has 5 rings (SSSR count). The summed E-state index contributed by atoms with van der Waals surface area (Å²) in [5.74, 6) is -3.42. The van der Waals surface area contributed by atoms with E-state index in [2.05, 4.69) is 5.32 Å². The molecule has 2 fully saturated rings. The van der Waals surface area contributed by atoms with Gasteiger partial charge in [-0.2, -0.15) is 0 Å². The number of amides is 2. The number of morpholine rings is 1. The van der Waals surface area contributed by atoms with Gasteiger partial charge in [-0.25, -0.2) is 22.4 Å². The number of alkyl halides is 1. The van der Waals surface area contributed by atoms with Crippen molar-refractivity contribution < 1.29 is 36.6 Å². The molecule has 38 heavy (non-hydrogen) atoms. The van der Waals surface area contributed by atoms with E-state index in [4.69, 9.17) is 9.47 Å². The lowest BCUT2D eigenvalue weighted by atomic mass is 9.85. The molecule has 2 aliphatic heterocycles. The second-order valence-corrected chi connectivity index (χ2v) is 9.41. The summed E-state index contributed by atoms with van der Waals surface area (Å²) in [6.07, 6.45) is -2.70. The Kier molecular flexibility index (Phi) is 7.07. The van der Waals surface area contributed by atoms with Crippen molar-refractivity contribution in [3.63, 3.8) is 0 Å². The minimum atomic E-state index is -2.15. The van der Waals surface area contributed by atoms with Crippen molar-refractivity contribution in [3.8, 4) is 11.1 Å². The van der Waals surface area contributed by atoms with E-state index in [1.807, 2.05) is 6.07 Å². The summed E-state index contributed by atoms with van der Waals surface area (Å²) in [6, 6.07) is 15.3. The molecule has 10 heteroatoms. The van der Waals surface area contributed by atoms with Crippen LogP contribution in [-0.4, -0.2) is 48.0 Å². The summed E-state index contributed by atoms with van der Waals surface area (Å²) in [6.45, 7) is -0.0843. The molecule has 1 unspecified atom stereocenters. The third-order valence-electron chi connectivity index (χ3n) is 6.98. The fraction of sp³-hybridized carbons (Fsp3) is 0.286. The average Bonchev–Trinajstić information content (AvgIpc) is 3.23. The highest BCUT2D eigenvalue weighted by molar-refractivity contribution is 5.81. The van der Waals surface area contributed by atoms with Gasteiger partial charge in [-0.15, -0.1) is 0 Å². The van der Waals surface area contributed by atoms with Crippen molar-refractivity contribution in [3.05, 3.63) is 95.3 Å². The summed E-state index contributed by atoms with van der Waals surface area (Å²) in [7, 11) is 0. The first-order valence-corrected chi connectivity index (χ1v) is 12.0. The molecule has 0 saturated carbocycles. The van der Waals surface area contributed by atoms with Crippen molar-refractivity contribution in [2.75, 3.05) is 13.2 Å². The van der Waals surface area contributed by atoms with Crippen molar-refractivity contribution in [2.45, 2.75) is 37.4 Å². The predicted molar refractivity (Wildman–Crippen MR) is 129 cm³/mol. The molecule has 3 aromatic rings. The molecular weight excluding hydrogens is 504 g/mol. The Balaban J connectivity index is 1.45. The second-order valence-electron chi connectivity index (χ2n) is 9.41. The number of hydrogen-bond acceptors (Lipinski definition) is 4. The number of nitrogens with one attached hydrogen (secondary N) is 1. The van der Waals surface area contributed by atoms with Gasteiger partial charge in [-0.1, -0.05) is 48.5 Å². The average molecular weight is 529 g/mol. The number of nitrogens with zero attached hydrogens (tertiary/aromatic N) is 1. The summed E-state index contributed by atoms with van der Waals surface area (Å²) in [5.41, 5.74) is -0.299. The van der Waals surface area contributed by atoms with Crippen LogP contribution < -0.4 is 5.32 Å². The Labute approximate surface area is 216 Å². The number of carbonyl (C=O) groups is 2. The lowest BCUT2D eigenvalue weighted by molar-refractivity contribution is -0.163. The van der Waals surface area contributed by atoms with Crippen LogP contribution in [0.5, 0.6) is 0 Å². The highest BCUT2D eigenvalue weighted by atomic mass is 19.2. The van der Waals surface area contributed by atoms with E-state index in [1.54, 1.807) is 24.3 Å². The van der Waals surface area contributed by atoms with E-state index in [9.17, 15) is 22.8 Å². The zero-order valence-corrected chi connectivity index (χ0v) is 20.1. The van der Waals surface area contributed by atoms with Gasteiger partial charge >= 0.3 is 6.09 Å². The molecule has 6 nitrogen and oxygen atoms in total. The molecule has 0 aliphatic carbocycles. The topological polar surface area (TPSA) is 67.9 Å². The van der Waals surface area contributed by atoms with Crippen LogP contribution >= 0.6 is 0 Å². The van der Waals surface area contributed by atoms with Gasteiger partial charge in [0.1, 0.15) is 24.1 Å². The van der Waals surface area contributed by atoms with Gasteiger partial charge in [0, 0.05) is 18.2 Å². The minimum Gasteiger partial charge on any atom is -0.445 e. The molecule has 0 bridgehead atoms. The summed E-state index contributed by atoms with van der Waals surface area (Å²) in [5, 5.41) is 2.64. The lowest BCUT2D eigenvalue weighted by Crippen LogP contribution is -2.65. The molecule has 1 spiro atoms. The number of carbonyl (C=O) groups excluding carboxylic acids is 2. The predicted octanol–water partition coefficient (Wildman–Crippen LogP) is 4.91. The first kappa shape index (κ1) is 25.7. The molecule has 2 amide bonds. The van der Waals surface area contributed by atoms with Crippen LogP contribution in [0.25, 0.3) is 11.1 Å². The molecule has 2 saturated heterocycles. The van der Waals surface area contributed by atoms with E-state index in [0.717, 1.165) is 17.7 Å². The lowest BCUT2D eigenvalue weighted by Gasteiger charge is -2.41. The van der Waals surface area contributed by atoms with Gasteiger partial charge in [0.05, 0.1) is 18.2 Å². The molecule has 0 radical (unpaired) electrons. The summed E-state index contributed by atoms with van der Waals surface area (Å²) < 4.78 is 67.7. The number of halogens is 4. The van der Waals surface area contributed by atoms with Gasteiger partial charge in [0.25, 0.3) is 12.3 Å². The SMILES string of the molecule is O=C1N[C@]2(CCN(C(=O)OCc3ccccc3)[C@H]2Cc2cccc(-c3cc(F)cc(F)c3)c2F)COC1F. The van der Waals surface area contributed by atoms with Crippen molar-refractivity contribution in [2.24, 2.45) is 0 Å². The van der Waals surface area contributed by atoms with E-state index in [-0.39, 0.29) is 49.3 Å². The van der Waals surface area contributed by atoms with E-state index in [1.165, 1.54) is 23.1 Å². The Hall–Kier alpha value is -3.92. The van der Waals surface area contributed by atoms with E-state index in [0.29, 0.717) is 6.07 Å². The Morgan fingerprint density at radius 1 is 1.05 bits per heavy atom. The molecule has 0 aromatic heterocycles.